The summed E-state index contributed by atoms with van der Waals surface area (Å²) in [4.78, 5) is 14.4. The van der Waals surface area contributed by atoms with E-state index in [-0.39, 0.29) is 5.82 Å². The SMILES string of the molecule is COc1cc(N)ccc1-c1nc2c(N3CCCCC3)ccnc2n1-c1ccc(N2CCCC2)cc1F. The number of nitrogens with zero attached hydrogens (tertiary/aromatic N) is 5. The Morgan fingerprint density at radius 1 is 0.861 bits per heavy atom. The first-order valence-electron chi connectivity index (χ1n) is 12.8. The van der Waals surface area contributed by atoms with E-state index < -0.39 is 0 Å². The van der Waals surface area contributed by atoms with Gasteiger partial charge in [-0.15, -0.1) is 0 Å². The Bertz CT molecular complexity index is 1400. The van der Waals surface area contributed by atoms with Crippen LogP contribution in [0.5, 0.6) is 5.75 Å². The van der Waals surface area contributed by atoms with E-state index in [9.17, 15) is 0 Å². The van der Waals surface area contributed by atoms with Crippen molar-refractivity contribution in [2.24, 2.45) is 0 Å². The third-order valence-corrected chi connectivity index (χ3v) is 7.33. The molecule has 0 spiro atoms. The second kappa shape index (κ2) is 9.33. The highest BCUT2D eigenvalue weighted by molar-refractivity contribution is 5.91. The summed E-state index contributed by atoms with van der Waals surface area (Å²) in [6, 6.07) is 12.9. The number of rotatable bonds is 5. The minimum absolute atomic E-state index is 0.306. The number of ether oxygens (including phenoxy) is 1. The Kier molecular flexibility index (Phi) is 5.87. The number of nitrogens with two attached hydrogens (primary N) is 1. The van der Waals surface area contributed by atoms with Crippen molar-refractivity contribution in [2.75, 3.05) is 48.8 Å². The second-order valence-corrected chi connectivity index (χ2v) is 9.61. The van der Waals surface area contributed by atoms with Crippen LogP contribution in [0.2, 0.25) is 0 Å². The third kappa shape index (κ3) is 3.90. The van der Waals surface area contributed by atoms with Crippen molar-refractivity contribution < 1.29 is 9.13 Å². The summed E-state index contributed by atoms with van der Waals surface area (Å²) in [6.07, 6.45) is 7.61. The Morgan fingerprint density at radius 2 is 1.61 bits per heavy atom. The molecule has 6 rings (SSSR count). The molecule has 2 aliphatic rings. The Morgan fingerprint density at radius 3 is 2.36 bits per heavy atom. The number of pyridine rings is 1. The molecule has 2 saturated heterocycles. The van der Waals surface area contributed by atoms with Gasteiger partial charge in [-0.3, -0.25) is 4.57 Å². The lowest BCUT2D eigenvalue weighted by atomic mass is 10.1. The van der Waals surface area contributed by atoms with E-state index in [1.54, 1.807) is 25.4 Å². The van der Waals surface area contributed by atoms with Gasteiger partial charge in [-0.25, -0.2) is 14.4 Å². The number of nitrogen functional groups attached to an aromatic ring is 1. The predicted octanol–water partition coefficient (Wildman–Crippen LogP) is 5.41. The van der Waals surface area contributed by atoms with Crippen molar-refractivity contribution in [1.29, 1.82) is 0 Å². The number of piperidine rings is 1. The lowest BCUT2D eigenvalue weighted by molar-refractivity contribution is 0.416. The van der Waals surface area contributed by atoms with Crippen LogP contribution in [0.1, 0.15) is 32.1 Å². The molecule has 4 aromatic rings. The molecule has 0 radical (unpaired) electrons. The summed E-state index contributed by atoms with van der Waals surface area (Å²) in [5, 5.41) is 0. The summed E-state index contributed by atoms with van der Waals surface area (Å²) in [5.41, 5.74) is 11.1. The smallest absolute Gasteiger partial charge is 0.167 e. The number of imidazole rings is 1. The molecule has 0 atom stereocenters. The molecular formula is C28H31FN6O. The zero-order valence-corrected chi connectivity index (χ0v) is 20.6. The topological polar surface area (TPSA) is 72.4 Å². The predicted molar refractivity (Wildman–Crippen MR) is 143 cm³/mol. The molecular weight excluding hydrogens is 455 g/mol. The van der Waals surface area contributed by atoms with Gasteiger partial charge < -0.3 is 20.3 Å². The maximum absolute atomic E-state index is 15.8. The van der Waals surface area contributed by atoms with E-state index in [0.717, 1.165) is 74.3 Å². The maximum Gasteiger partial charge on any atom is 0.167 e. The van der Waals surface area contributed by atoms with Gasteiger partial charge in [0.25, 0.3) is 0 Å². The number of fused-ring (bicyclic) bond motifs is 1. The van der Waals surface area contributed by atoms with Gasteiger partial charge in [0.1, 0.15) is 17.1 Å². The third-order valence-electron chi connectivity index (χ3n) is 7.33. The highest BCUT2D eigenvalue weighted by atomic mass is 19.1. The molecule has 8 heteroatoms. The molecule has 2 fully saturated rings. The molecule has 2 aromatic carbocycles. The van der Waals surface area contributed by atoms with E-state index in [4.69, 9.17) is 20.4 Å². The highest BCUT2D eigenvalue weighted by Gasteiger charge is 2.25. The zero-order chi connectivity index (χ0) is 24.6. The summed E-state index contributed by atoms with van der Waals surface area (Å²) < 4.78 is 23.3. The molecule has 0 amide bonds. The van der Waals surface area contributed by atoms with Gasteiger partial charge >= 0.3 is 0 Å². The molecule has 2 aliphatic heterocycles. The van der Waals surface area contributed by atoms with Crippen molar-refractivity contribution in [2.45, 2.75) is 32.1 Å². The van der Waals surface area contributed by atoms with Crippen molar-refractivity contribution in [3.63, 3.8) is 0 Å². The van der Waals surface area contributed by atoms with Gasteiger partial charge in [-0.2, -0.15) is 0 Å². The number of methoxy groups -OCH3 is 1. The lowest BCUT2D eigenvalue weighted by Crippen LogP contribution is -2.29. The Labute approximate surface area is 210 Å². The van der Waals surface area contributed by atoms with Crippen LogP contribution >= 0.6 is 0 Å². The first-order valence-corrected chi connectivity index (χ1v) is 12.8. The van der Waals surface area contributed by atoms with Crippen LogP contribution in [0.25, 0.3) is 28.2 Å². The normalized spacial score (nSPS) is 16.2. The van der Waals surface area contributed by atoms with Crippen LogP contribution in [0.3, 0.4) is 0 Å². The number of hydrogen-bond acceptors (Lipinski definition) is 6. The number of halogens is 1. The minimum atomic E-state index is -0.306. The maximum atomic E-state index is 15.8. The zero-order valence-electron chi connectivity index (χ0n) is 20.6. The lowest BCUT2D eigenvalue weighted by Gasteiger charge is -2.28. The van der Waals surface area contributed by atoms with Crippen LogP contribution in [-0.4, -0.2) is 47.8 Å². The van der Waals surface area contributed by atoms with Gasteiger partial charge in [0.2, 0.25) is 0 Å². The average molecular weight is 487 g/mol. The fraction of sp³-hybridized carbons (Fsp3) is 0.357. The molecule has 7 nitrogen and oxygen atoms in total. The average Bonchev–Trinajstić information content (AvgIpc) is 3.58. The summed E-state index contributed by atoms with van der Waals surface area (Å²) in [5.74, 6) is 0.853. The van der Waals surface area contributed by atoms with Gasteiger partial charge in [0.15, 0.2) is 11.5 Å². The van der Waals surface area contributed by atoms with Crippen LogP contribution < -0.4 is 20.3 Å². The Hall–Kier alpha value is -3.81. The van der Waals surface area contributed by atoms with Gasteiger partial charge in [-0.05, 0) is 68.5 Å². The van der Waals surface area contributed by atoms with Crippen molar-refractivity contribution in [3.8, 4) is 22.8 Å². The number of benzene rings is 2. The Balaban J connectivity index is 1.58. The van der Waals surface area contributed by atoms with E-state index >= 15 is 4.39 Å². The molecule has 0 unspecified atom stereocenters. The van der Waals surface area contributed by atoms with E-state index in [1.807, 2.05) is 34.9 Å². The molecule has 2 N–H and O–H groups in total. The van der Waals surface area contributed by atoms with Gasteiger partial charge in [-0.1, -0.05) is 0 Å². The van der Waals surface area contributed by atoms with Gasteiger partial charge in [0, 0.05) is 49.8 Å². The fourth-order valence-corrected chi connectivity index (χ4v) is 5.50. The first-order chi connectivity index (χ1) is 17.6. The second-order valence-electron chi connectivity index (χ2n) is 9.61. The van der Waals surface area contributed by atoms with Crippen molar-refractivity contribution >= 4 is 28.2 Å². The summed E-state index contributed by atoms with van der Waals surface area (Å²) in [7, 11) is 1.61. The number of aromatic nitrogens is 3. The molecule has 0 bridgehead atoms. The molecule has 4 heterocycles. The van der Waals surface area contributed by atoms with E-state index in [0.29, 0.717) is 28.6 Å². The van der Waals surface area contributed by atoms with Crippen LogP contribution in [0.4, 0.5) is 21.5 Å². The largest absolute Gasteiger partial charge is 0.496 e. The minimum Gasteiger partial charge on any atom is -0.496 e. The number of hydrogen-bond donors (Lipinski definition) is 1. The molecule has 0 aliphatic carbocycles. The quantitative estimate of drug-likeness (QED) is 0.381. The van der Waals surface area contributed by atoms with Gasteiger partial charge in [0.05, 0.1) is 24.0 Å². The first kappa shape index (κ1) is 22.6. The van der Waals surface area contributed by atoms with Crippen LogP contribution in [0, 0.1) is 5.82 Å². The summed E-state index contributed by atoms with van der Waals surface area (Å²) in [6.45, 7) is 3.87. The van der Waals surface area contributed by atoms with Crippen molar-refractivity contribution in [3.05, 3.63) is 54.5 Å². The summed E-state index contributed by atoms with van der Waals surface area (Å²) >= 11 is 0. The molecule has 2 aromatic heterocycles. The standard InChI is InChI=1S/C28H31FN6O/c1-36-25-17-19(30)7-9-21(25)27-32-26-24(34-15-3-2-4-16-34)11-12-31-28(26)35(27)23-10-8-20(18-22(23)29)33-13-5-6-14-33/h7-12,17-18H,2-6,13-16,30H2,1H3. The highest BCUT2D eigenvalue weighted by Crippen LogP contribution is 2.38. The molecule has 186 valence electrons. The number of anilines is 3. The molecule has 36 heavy (non-hydrogen) atoms. The van der Waals surface area contributed by atoms with Crippen LogP contribution in [-0.2, 0) is 0 Å². The molecule has 0 saturated carbocycles. The van der Waals surface area contributed by atoms with E-state index in [1.165, 1.54) is 6.42 Å². The monoisotopic (exact) mass is 486 g/mol. The van der Waals surface area contributed by atoms with Crippen LogP contribution in [0.15, 0.2) is 48.7 Å². The fourth-order valence-electron chi connectivity index (χ4n) is 5.50. The van der Waals surface area contributed by atoms with Crippen molar-refractivity contribution in [1.82, 2.24) is 14.5 Å². The van der Waals surface area contributed by atoms with E-state index in [2.05, 4.69) is 9.80 Å².